The Morgan fingerprint density at radius 3 is 1.96 bits per heavy atom. The molecule has 0 bridgehead atoms. The van der Waals surface area contributed by atoms with Gasteiger partial charge in [0.1, 0.15) is 14.1 Å². The lowest BCUT2D eigenvalue weighted by atomic mass is 10.0. The molecule has 0 unspecified atom stereocenters. The minimum Gasteiger partial charge on any atom is -0.392 e. The fraction of sp³-hybridized carbons (Fsp3) is 0.947. The number of nitrogens with zero attached hydrogens (tertiary/aromatic N) is 1. The first-order chi connectivity index (χ1) is 12.0. The van der Waals surface area contributed by atoms with Gasteiger partial charge in [-0.05, 0) is 13.3 Å². The molecule has 0 heterocycles. The molecular weight excluding hydrogens is 315 g/mol. The molecule has 0 aromatic carbocycles. The predicted molar refractivity (Wildman–Crippen MR) is 107 cm³/mol. The first-order valence-corrected chi connectivity index (χ1v) is 10.3. The molecule has 0 saturated carbocycles. The highest BCUT2D eigenvalue weighted by atomic mass is 16.5. The van der Waals surface area contributed by atoms with Gasteiger partial charge in [0, 0.05) is 19.5 Å². The average Bonchev–Trinajstić information content (AvgIpc) is 2.57. The zero-order valence-electron chi connectivity index (χ0n) is 17.1. The normalized spacial score (nSPS) is 13.8. The van der Waals surface area contributed by atoms with Crippen LogP contribution in [0.15, 0.2) is 0 Å². The van der Waals surface area contributed by atoms with Gasteiger partial charge in [0.05, 0.1) is 6.61 Å². The smallest absolute Gasteiger partial charge is 0.234 e. The number of ether oxygens (including phenoxy) is 1. The van der Waals surface area contributed by atoms with E-state index < -0.39 is 6.23 Å². The summed E-state index contributed by atoms with van der Waals surface area (Å²) in [6, 6.07) is 0.00291. The lowest BCUT2D eigenvalue weighted by molar-refractivity contribution is -0.140. The summed E-state index contributed by atoms with van der Waals surface area (Å²) in [7, 11) is 3.63. The van der Waals surface area contributed by atoms with Crippen molar-refractivity contribution in [2.45, 2.75) is 103 Å². The average molecular weight is 356 g/mol. The van der Waals surface area contributed by atoms with E-state index in [-0.39, 0.29) is 18.5 Å². The maximum absolute atomic E-state index is 11.9. The van der Waals surface area contributed by atoms with Gasteiger partial charge in [-0.3, -0.25) is 10.2 Å². The van der Waals surface area contributed by atoms with E-state index in [1.807, 2.05) is 14.8 Å². The molecule has 0 aromatic rings. The molecule has 0 aromatic heterocycles. The fourth-order valence-electron chi connectivity index (χ4n) is 2.85. The molecule has 148 valence electrons. The number of carbonyl (C=O) groups excluding carboxylic acids is 1. The van der Waals surface area contributed by atoms with Crippen LogP contribution in [0.3, 0.4) is 0 Å². The van der Waals surface area contributed by atoms with E-state index >= 15 is 0 Å². The minimum absolute atomic E-state index is 0.00291. The maximum atomic E-state index is 11.9. The van der Waals surface area contributed by atoms with Crippen LogP contribution in [0.4, 0.5) is 0 Å². The zero-order chi connectivity index (χ0) is 18.9. The Morgan fingerprint density at radius 2 is 1.52 bits per heavy atom. The van der Waals surface area contributed by atoms with Gasteiger partial charge < -0.3 is 9.84 Å². The molecular formula is C19H41BN2O3. The second-order valence-corrected chi connectivity index (χ2v) is 7.25. The zero-order valence-corrected chi connectivity index (χ0v) is 17.1. The lowest BCUT2D eigenvalue weighted by Gasteiger charge is -2.28. The molecule has 2 atom stereocenters. The van der Waals surface area contributed by atoms with E-state index in [4.69, 9.17) is 4.74 Å². The molecule has 1 amide bonds. The summed E-state index contributed by atoms with van der Waals surface area (Å²) in [5.74, 6) is -0.00997. The number of hydrogen-bond acceptors (Lipinski definition) is 4. The van der Waals surface area contributed by atoms with E-state index in [0.29, 0.717) is 6.42 Å². The maximum Gasteiger partial charge on any atom is 0.234 e. The van der Waals surface area contributed by atoms with Crippen molar-refractivity contribution in [2.75, 3.05) is 13.7 Å². The van der Waals surface area contributed by atoms with E-state index in [2.05, 4.69) is 12.3 Å². The van der Waals surface area contributed by atoms with Gasteiger partial charge in [-0.25, -0.2) is 0 Å². The number of likely N-dealkylation sites (N-methyl/N-ethyl adjacent to an activating group) is 1. The van der Waals surface area contributed by atoms with E-state index in [9.17, 15) is 9.90 Å². The summed E-state index contributed by atoms with van der Waals surface area (Å²) in [6.07, 6.45) is 14.1. The second kappa shape index (κ2) is 16.9. The Kier molecular flexibility index (Phi) is 16.5. The number of rotatable bonds is 17. The van der Waals surface area contributed by atoms with Crippen LogP contribution < -0.4 is 5.43 Å². The number of aliphatic hydroxyl groups is 1. The van der Waals surface area contributed by atoms with Crippen LogP contribution in [-0.4, -0.2) is 49.8 Å². The molecule has 6 heteroatoms. The quantitative estimate of drug-likeness (QED) is 0.182. The van der Waals surface area contributed by atoms with Crippen molar-refractivity contribution in [3.63, 3.8) is 0 Å². The van der Waals surface area contributed by atoms with E-state index in [0.717, 1.165) is 12.8 Å². The number of unbranched alkanes of at least 4 members (excludes halogenated alkanes) is 10. The molecule has 0 fully saturated rings. The summed E-state index contributed by atoms with van der Waals surface area (Å²) >= 11 is 0. The molecule has 0 radical (unpaired) electrons. The summed E-state index contributed by atoms with van der Waals surface area (Å²) in [4.78, 5) is 11.9. The third-order valence-corrected chi connectivity index (χ3v) is 4.33. The Bertz CT molecular complexity index is 317. The first-order valence-electron chi connectivity index (χ1n) is 10.3. The van der Waals surface area contributed by atoms with Crippen molar-refractivity contribution >= 4 is 13.8 Å². The molecule has 25 heavy (non-hydrogen) atoms. The molecule has 0 rings (SSSR count). The monoisotopic (exact) mass is 356 g/mol. The Morgan fingerprint density at radius 1 is 1.04 bits per heavy atom. The van der Waals surface area contributed by atoms with Crippen molar-refractivity contribution in [3.8, 4) is 0 Å². The van der Waals surface area contributed by atoms with Gasteiger partial charge in [-0.1, -0.05) is 71.1 Å². The molecule has 0 saturated heterocycles. The van der Waals surface area contributed by atoms with Gasteiger partial charge in [-0.2, -0.15) is 5.01 Å². The highest BCUT2D eigenvalue weighted by Gasteiger charge is 2.17. The Labute approximate surface area is 156 Å². The number of carbonyl (C=O) groups is 1. The van der Waals surface area contributed by atoms with Crippen LogP contribution in [0.25, 0.3) is 0 Å². The van der Waals surface area contributed by atoms with E-state index in [1.54, 1.807) is 12.1 Å². The number of hydrogen-bond donors (Lipinski definition) is 2. The summed E-state index contributed by atoms with van der Waals surface area (Å²) in [5.41, 5.74) is 2.78. The lowest BCUT2D eigenvalue weighted by Crippen LogP contribution is -2.49. The van der Waals surface area contributed by atoms with Crippen molar-refractivity contribution < 1.29 is 14.6 Å². The van der Waals surface area contributed by atoms with Crippen molar-refractivity contribution in [1.29, 1.82) is 0 Å². The summed E-state index contributed by atoms with van der Waals surface area (Å²) < 4.78 is 5.53. The SMILES string of the molecule is B[C@@H](C)O[C@H](CO)N(C)NC(=O)CCCCCCCCCCCCC. The molecule has 0 spiro atoms. The number of amides is 1. The Hall–Kier alpha value is -0.585. The molecule has 0 aliphatic rings. The van der Waals surface area contributed by atoms with Crippen molar-refractivity contribution in [2.24, 2.45) is 0 Å². The van der Waals surface area contributed by atoms with Gasteiger partial charge >= 0.3 is 0 Å². The molecule has 2 N–H and O–H groups in total. The molecule has 0 aliphatic heterocycles. The number of nitrogens with one attached hydrogen (secondary N) is 1. The largest absolute Gasteiger partial charge is 0.392 e. The topological polar surface area (TPSA) is 61.8 Å². The number of aliphatic hydroxyl groups excluding tert-OH is 1. The highest BCUT2D eigenvalue weighted by Crippen LogP contribution is 2.12. The first kappa shape index (κ1) is 24.4. The standard InChI is InChI=1S/C19H41BN2O3/c1-4-5-6-7-8-9-10-11-12-13-14-15-18(24)21-22(3)19(16-23)25-17(2)20/h17,19,23H,4-16,20H2,1-3H3,(H,21,24)/t17-,19-/m1/s1. The van der Waals surface area contributed by atoms with Crippen molar-refractivity contribution in [3.05, 3.63) is 0 Å². The summed E-state index contributed by atoms with van der Waals surface area (Å²) in [6.45, 7) is 4.01. The molecule has 5 nitrogen and oxygen atoms in total. The van der Waals surface area contributed by atoms with Crippen LogP contribution in [0.2, 0.25) is 0 Å². The van der Waals surface area contributed by atoms with Crippen molar-refractivity contribution in [1.82, 2.24) is 10.4 Å². The van der Waals surface area contributed by atoms with Gasteiger partial charge in [0.15, 0.2) is 0 Å². The highest BCUT2D eigenvalue weighted by molar-refractivity contribution is 6.10. The van der Waals surface area contributed by atoms with Crippen LogP contribution in [0.5, 0.6) is 0 Å². The van der Waals surface area contributed by atoms with E-state index in [1.165, 1.54) is 57.8 Å². The predicted octanol–water partition coefficient (Wildman–Crippen LogP) is 2.96. The van der Waals surface area contributed by atoms with Crippen LogP contribution in [0, 0.1) is 0 Å². The third kappa shape index (κ3) is 15.4. The van der Waals surface area contributed by atoms with Gasteiger partial charge in [-0.15, -0.1) is 0 Å². The van der Waals surface area contributed by atoms with Gasteiger partial charge in [0.2, 0.25) is 5.91 Å². The third-order valence-electron chi connectivity index (χ3n) is 4.33. The van der Waals surface area contributed by atoms with Crippen LogP contribution in [-0.2, 0) is 9.53 Å². The minimum atomic E-state index is -0.499. The fourth-order valence-corrected chi connectivity index (χ4v) is 2.85. The number of hydrazine groups is 1. The second-order valence-electron chi connectivity index (χ2n) is 7.25. The Balaban J connectivity index is 3.54. The molecule has 0 aliphatic carbocycles. The van der Waals surface area contributed by atoms with Crippen LogP contribution in [0.1, 0.15) is 90.9 Å². The van der Waals surface area contributed by atoms with Crippen LogP contribution >= 0.6 is 0 Å². The summed E-state index contributed by atoms with van der Waals surface area (Å²) in [5, 5.41) is 10.9. The van der Waals surface area contributed by atoms with Gasteiger partial charge in [0.25, 0.3) is 0 Å².